The van der Waals surface area contributed by atoms with E-state index in [1.54, 1.807) is 25.4 Å². The molecule has 1 aromatic carbocycles. The summed E-state index contributed by atoms with van der Waals surface area (Å²) in [5.74, 6) is 1.52. The maximum atomic E-state index is 12.9. The Bertz CT molecular complexity index is 570. The Morgan fingerprint density at radius 3 is 2.59 bits per heavy atom. The first-order valence-electron chi connectivity index (χ1n) is 6.87. The van der Waals surface area contributed by atoms with Crippen molar-refractivity contribution in [1.29, 1.82) is 0 Å². The molecule has 0 unspecified atom stereocenters. The predicted octanol–water partition coefficient (Wildman–Crippen LogP) is 3.29. The fourth-order valence-corrected chi connectivity index (χ4v) is 2.08. The van der Waals surface area contributed by atoms with Crippen LogP contribution in [0.15, 0.2) is 52.1 Å². The third-order valence-corrected chi connectivity index (χ3v) is 3.14. The van der Waals surface area contributed by atoms with Crippen molar-refractivity contribution in [2.75, 3.05) is 20.6 Å². The van der Waals surface area contributed by atoms with E-state index in [4.69, 9.17) is 4.42 Å². The van der Waals surface area contributed by atoms with Crippen molar-refractivity contribution in [2.45, 2.75) is 13.0 Å². The summed E-state index contributed by atoms with van der Waals surface area (Å²) in [5, 5.41) is 3.28. The number of benzene rings is 1. The molecule has 6 heteroatoms. The average molecular weight is 417 g/mol. The van der Waals surface area contributed by atoms with Crippen LogP contribution < -0.4 is 5.32 Å². The minimum absolute atomic E-state index is 0. The molecular formula is C16H21FIN3O. The number of nitrogens with one attached hydrogen (secondary N) is 1. The second-order valence-corrected chi connectivity index (χ2v) is 4.79. The molecule has 0 spiro atoms. The minimum Gasteiger partial charge on any atom is -0.469 e. The highest BCUT2D eigenvalue weighted by atomic mass is 127. The van der Waals surface area contributed by atoms with Gasteiger partial charge in [0.05, 0.1) is 6.26 Å². The second kappa shape index (κ2) is 9.45. The van der Waals surface area contributed by atoms with Gasteiger partial charge in [0, 0.05) is 33.6 Å². The molecule has 4 nitrogen and oxygen atoms in total. The predicted molar refractivity (Wildman–Crippen MR) is 97.1 cm³/mol. The Hall–Kier alpha value is -1.57. The standard InChI is InChI=1S/C16H20FN3O.HI/c1-18-16(19-10-9-15-4-3-11-21-15)20(2)12-13-5-7-14(17)8-6-13;/h3-8,11H,9-10,12H2,1-2H3,(H,18,19);1H. The topological polar surface area (TPSA) is 40.8 Å². The lowest BCUT2D eigenvalue weighted by atomic mass is 10.2. The number of guanidine groups is 1. The van der Waals surface area contributed by atoms with Crippen LogP contribution in [-0.2, 0) is 13.0 Å². The summed E-state index contributed by atoms with van der Waals surface area (Å²) < 4.78 is 18.2. The van der Waals surface area contributed by atoms with Gasteiger partial charge in [0.25, 0.3) is 0 Å². The maximum Gasteiger partial charge on any atom is 0.193 e. The molecule has 0 atom stereocenters. The molecule has 0 aliphatic carbocycles. The molecule has 0 bridgehead atoms. The smallest absolute Gasteiger partial charge is 0.193 e. The quantitative estimate of drug-likeness (QED) is 0.461. The van der Waals surface area contributed by atoms with Crippen molar-refractivity contribution in [1.82, 2.24) is 10.2 Å². The van der Waals surface area contributed by atoms with Gasteiger partial charge in [0.15, 0.2) is 5.96 Å². The monoisotopic (exact) mass is 417 g/mol. The summed E-state index contributed by atoms with van der Waals surface area (Å²) in [7, 11) is 3.70. The Kier molecular flexibility index (Phi) is 7.94. The van der Waals surface area contributed by atoms with Gasteiger partial charge >= 0.3 is 0 Å². The number of aliphatic imine (C=N–C) groups is 1. The van der Waals surface area contributed by atoms with Crippen molar-refractivity contribution >= 4 is 29.9 Å². The van der Waals surface area contributed by atoms with Gasteiger partial charge in [-0.15, -0.1) is 24.0 Å². The third kappa shape index (κ3) is 5.67. The first-order valence-corrected chi connectivity index (χ1v) is 6.87. The van der Waals surface area contributed by atoms with Crippen LogP contribution in [0.1, 0.15) is 11.3 Å². The van der Waals surface area contributed by atoms with Crippen LogP contribution >= 0.6 is 24.0 Å². The van der Waals surface area contributed by atoms with Crippen LogP contribution in [0.5, 0.6) is 0 Å². The highest BCUT2D eigenvalue weighted by Crippen LogP contribution is 2.06. The van der Waals surface area contributed by atoms with Crippen molar-refractivity contribution in [3.63, 3.8) is 0 Å². The Morgan fingerprint density at radius 2 is 2.00 bits per heavy atom. The zero-order valence-electron chi connectivity index (χ0n) is 12.8. The van der Waals surface area contributed by atoms with E-state index < -0.39 is 0 Å². The lowest BCUT2D eigenvalue weighted by Crippen LogP contribution is -2.39. The van der Waals surface area contributed by atoms with Gasteiger partial charge < -0.3 is 14.6 Å². The first kappa shape index (κ1) is 18.5. The molecule has 1 aromatic heterocycles. The second-order valence-electron chi connectivity index (χ2n) is 4.79. The third-order valence-electron chi connectivity index (χ3n) is 3.14. The fourth-order valence-electron chi connectivity index (χ4n) is 2.08. The zero-order valence-corrected chi connectivity index (χ0v) is 15.1. The number of rotatable bonds is 5. The SMILES string of the molecule is CN=C(NCCc1ccco1)N(C)Cc1ccc(F)cc1.I. The Balaban J connectivity index is 0.00000242. The summed E-state index contributed by atoms with van der Waals surface area (Å²) in [6.07, 6.45) is 2.47. The van der Waals surface area contributed by atoms with Crippen LogP contribution in [0.3, 0.4) is 0 Å². The minimum atomic E-state index is -0.220. The van der Waals surface area contributed by atoms with E-state index >= 15 is 0 Å². The van der Waals surface area contributed by atoms with E-state index in [1.807, 2.05) is 24.1 Å². The molecule has 0 amide bonds. The number of furan rings is 1. The van der Waals surface area contributed by atoms with Crippen molar-refractivity contribution in [2.24, 2.45) is 4.99 Å². The summed E-state index contributed by atoms with van der Waals surface area (Å²) in [6, 6.07) is 10.3. The molecule has 0 aliphatic heterocycles. The van der Waals surface area contributed by atoms with E-state index in [1.165, 1.54) is 12.1 Å². The summed E-state index contributed by atoms with van der Waals surface area (Å²) in [6.45, 7) is 1.41. The van der Waals surface area contributed by atoms with Gasteiger partial charge in [0.1, 0.15) is 11.6 Å². The molecule has 0 saturated carbocycles. The lowest BCUT2D eigenvalue weighted by molar-refractivity contribution is 0.469. The molecule has 1 heterocycles. The molecule has 0 fully saturated rings. The average Bonchev–Trinajstić information content (AvgIpc) is 2.99. The van der Waals surface area contributed by atoms with E-state index in [0.29, 0.717) is 6.54 Å². The first-order chi connectivity index (χ1) is 10.2. The van der Waals surface area contributed by atoms with Gasteiger partial charge in [-0.3, -0.25) is 4.99 Å². The van der Waals surface area contributed by atoms with Crippen LogP contribution in [0, 0.1) is 5.82 Å². The highest BCUT2D eigenvalue weighted by Gasteiger charge is 2.06. The van der Waals surface area contributed by atoms with Crippen LogP contribution in [-0.4, -0.2) is 31.5 Å². The summed E-state index contributed by atoms with van der Waals surface area (Å²) in [5.41, 5.74) is 1.04. The van der Waals surface area contributed by atoms with Gasteiger partial charge in [-0.25, -0.2) is 4.39 Å². The molecular weight excluding hydrogens is 396 g/mol. The molecule has 0 saturated heterocycles. The molecule has 2 rings (SSSR count). The van der Waals surface area contributed by atoms with Gasteiger partial charge in [0.2, 0.25) is 0 Å². The van der Waals surface area contributed by atoms with E-state index in [-0.39, 0.29) is 29.8 Å². The van der Waals surface area contributed by atoms with Crippen LogP contribution in [0.2, 0.25) is 0 Å². The van der Waals surface area contributed by atoms with E-state index in [9.17, 15) is 4.39 Å². The molecule has 0 aliphatic rings. The largest absolute Gasteiger partial charge is 0.469 e. The number of hydrogen-bond acceptors (Lipinski definition) is 2. The van der Waals surface area contributed by atoms with Crippen molar-refractivity contribution in [3.05, 3.63) is 59.8 Å². The van der Waals surface area contributed by atoms with Crippen LogP contribution in [0.25, 0.3) is 0 Å². The molecule has 1 N–H and O–H groups in total. The van der Waals surface area contributed by atoms with Crippen molar-refractivity contribution in [3.8, 4) is 0 Å². The fraction of sp³-hybridized carbons (Fsp3) is 0.312. The summed E-state index contributed by atoms with van der Waals surface area (Å²) in [4.78, 5) is 6.24. The maximum absolute atomic E-state index is 12.9. The number of halogens is 2. The molecule has 22 heavy (non-hydrogen) atoms. The number of hydrogen-bond donors (Lipinski definition) is 1. The lowest BCUT2D eigenvalue weighted by Gasteiger charge is -2.22. The number of nitrogens with zero attached hydrogens (tertiary/aromatic N) is 2. The zero-order chi connectivity index (χ0) is 15.1. The van der Waals surface area contributed by atoms with Gasteiger partial charge in [-0.2, -0.15) is 0 Å². The van der Waals surface area contributed by atoms with Crippen LogP contribution in [0.4, 0.5) is 4.39 Å². The molecule has 120 valence electrons. The van der Waals surface area contributed by atoms with E-state index in [2.05, 4.69) is 10.3 Å². The summed E-state index contributed by atoms with van der Waals surface area (Å²) >= 11 is 0. The normalized spacial score (nSPS) is 11.0. The highest BCUT2D eigenvalue weighted by molar-refractivity contribution is 14.0. The van der Waals surface area contributed by atoms with E-state index in [0.717, 1.165) is 30.2 Å². The van der Waals surface area contributed by atoms with Crippen molar-refractivity contribution < 1.29 is 8.81 Å². The van der Waals surface area contributed by atoms with Gasteiger partial charge in [-0.05, 0) is 29.8 Å². The van der Waals surface area contributed by atoms with Gasteiger partial charge in [-0.1, -0.05) is 12.1 Å². The molecule has 0 radical (unpaired) electrons. The molecule has 2 aromatic rings. The Morgan fingerprint density at radius 1 is 1.27 bits per heavy atom. The Labute approximate surface area is 147 Å².